The van der Waals surface area contributed by atoms with E-state index in [1.807, 2.05) is 76.1 Å². The number of hydrogen-bond acceptors (Lipinski definition) is 2. The molecule has 0 saturated heterocycles. The lowest BCUT2D eigenvalue weighted by Gasteiger charge is -1.99. The van der Waals surface area contributed by atoms with Crippen molar-refractivity contribution in [3.8, 4) is 5.69 Å². The maximum Gasteiger partial charge on any atom is 0.378 e. The third-order valence-corrected chi connectivity index (χ3v) is 4.75. The van der Waals surface area contributed by atoms with E-state index in [-0.39, 0.29) is 18.4 Å². The SMILES string of the molecule is COC(=O)c1cc2c3ccccc3[nH]c2c2cn(-c3ccccc3)c[n+]12.[Cl-]. The average molecular weight is 378 g/mol. The number of methoxy groups -OCH3 is 1. The van der Waals surface area contributed by atoms with Crippen molar-refractivity contribution in [1.29, 1.82) is 0 Å². The highest BCUT2D eigenvalue weighted by atomic mass is 35.5. The van der Waals surface area contributed by atoms with Gasteiger partial charge in [-0.1, -0.05) is 36.4 Å². The van der Waals surface area contributed by atoms with Crippen molar-refractivity contribution in [1.82, 2.24) is 9.55 Å². The van der Waals surface area contributed by atoms with Crippen LogP contribution in [0.3, 0.4) is 0 Å². The van der Waals surface area contributed by atoms with E-state index < -0.39 is 0 Å². The standard InChI is InChI=1S/C21H15N3O2.ClH/c1-26-21(25)18-11-16-15-9-5-6-10-17(15)22-20(16)19-12-23(13-24(18)19)14-7-3-2-4-8-14;/h2-13H,1H3;1H. The number of imidazole rings is 1. The number of nitrogens with one attached hydrogen (secondary N) is 1. The van der Waals surface area contributed by atoms with Gasteiger partial charge in [-0.25, -0.2) is 9.36 Å². The molecule has 0 aliphatic rings. The van der Waals surface area contributed by atoms with Crippen molar-refractivity contribution in [2.24, 2.45) is 0 Å². The van der Waals surface area contributed by atoms with Gasteiger partial charge in [0, 0.05) is 22.4 Å². The fraction of sp³-hybridized carbons (Fsp3) is 0.0476. The van der Waals surface area contributed by atoms with Gasteiger partial charge < -0.3 is 22.1 Å². The molecule has 0 aliphatic carbocycles. The van der Waals surface area contributed by atoms with Crippen LogP contribution in [0.4, 0.5) is 0 Å². The third-order valence-electron chi connectivity index (χ3n) is 4.75. The molecule has 0 amide bonds. The topological polar surface area (TPSA) is 51.1 Å². The Hall–Kier alpha value is -3.31. The second-order valence-electron chi connectivity index (χ2n) is 6.22. The van der Waals surface area contributed by atoms with E-state index in [0.717, 1.165) is 33.0 Å². The van der Waals surface area contributed by atoms with E-state index in [1.165, 1.54) is 7.11 Å². The minimum atomic E-state index is -0.363. The molecule has 5 aromatic rings. The molecule has 0 aliphatic heterocycles. The normalized spacial score (nSPS) is 11.0. The number of ether oxygens (including phenoxy) is 1. The predicted molar refractivity (Wildman–Crippen MR) is 99.6 cm³/mol. The monoisotopic (exact) mass is 377 g/mol. The second-order valence-corrected chi connectivity index (χ2v) is 6.22. The number of esters is 1. The van der Waals surface area contributed by atoms with Crippen LogP contribution in [0, 0.1) is 0 Å². The minimum absolute atomic E-state index is 0. The molecule has 0 spiro atoms. The van der Waals surface area contributed by atoms with E-state index in [4.69, 9.17) is 4.74 Å². The van der Waals surface area contributed by atoms with Gasteiger partial charge in [-0.05, 0) is 18.2 Å². The summed E-state index contributed by atoms with van der Waals surface area (Å²) in [5, 5.41) is 2.09. The van der Waals surface area contributed by atoms with Gasteiger partial charge in [0.05, 0.1) is 12.6 Å². The number of benzene rings is 2. The Balaban J connectivity index is 0.00000180. The summed E-state index contributed by atoms with van der Waals surface area (Å²) in [6, 6.07) is 20.0. The molecular weight excluding hydrogens is 362 g/mol. The molecule has 5 nitrogen and oxygen atoms in total. The number of fused-ring (bicyclic) bond motifs is 5. The Morgan fingerprint density at radius 1 is 1.04 bits per heavy atom. The van der Waals surface area contributed by atoms with Crippen LogP contribution in [0.25, 0.3) is 33.0 Å². The first-order chi connectivity index (χ1) is 12.8. The van der Waals surface area contributed by atoms with Crippen molar-refractivity contribution >= 4 is 33.3 Å². The van der Waals surface area contributed by atoms with Gasteiger partial charge in [0.15, 0.2) is 5.52 Å². The lowest BCUT2D eigenvalue weighted by atomic mass is 10.1. The zero-order valence-electron chi connectivity index (χ0n) is 14.5. The van der Waals surface area contributed by atoms with Crippen molar-refractivity contribution in [2.75, 3.05) is 7.11 Å². The molecule has 0 bridgehead atoms. The maximum absolute atomic E-state index is 12.4. The number of H-pyrrole nitrogens is 1. The first-order valence-corrected chi connectivity index (χ1v) is 8.37. The number of carbonyl (C=O) groups excluding carboxylic acids is 1. The summed E-state index contributed by atoms with van der Waals surface area (Å²) in [5.74, 6) is -0.363. The molecule has 2 aromatic carbocycles. The largest absolute Gasteiger partial charge is 1.00 e. The Morgan fingerprint density at radius 2 is 1.78 bits per heavy atom. The van der Waals surface area contributed by atoms with Crippen molar-refractivity contribution in [3.05, 3.63) is 78.9 Å². The predicted octanol–water partition coefficient (Wildman–Crippen LogP) is 0.641. The fourth-order valence-corrected chi connectivity index (χ4v) is 3.52. The van der Waals surface area contributed by atoms with Crippen LogP contribution in [-0.2, 0) is 4.74 Å². The number of aromatic nitrogens is 3. The number of hydrogen-bond donors (Lipinski definition) is 1. The molecule has 3 aromatic heterocycles. The Bertz CT molecular complexity index is 1290. The van der Waals surface area contributed by atoms with E-state index in [2.05, 4.69) is 11.1 Å². The van der Waals surface area contributed by atoms with Gasteiger partial charge in [0.1, 0.15) is 11.9 Å². The second kappa shape index (κ2) is 6.45. The number of halogens is 1. The summed E-state index contributed by atoms with van der Waals surface area (Å²) in [6.45, 7) is 0. The number of pyridine rings is 1. The molecule has 0 fully saturated rings. The van der Waals surface area contributed by atoms with Gasteiger partial charge in [0.2, 0.25) is 5.69 Å². The number of para-hydroxylation sites is 2. The summed E-state index contributed by atoms with van der Waals surface area (Å²) in [7, 11) is 1.41. The molecule has 27 heavy (non-hydrogen) atoms. The van der Waals surface area contributed by atoms with E-state index in [1.54, 1.807) is 0 Å². The van der Waals surface area contributed by atoms with Crippen LogP contribution in [0.2, 0.25) is 0 Å². The van der Waals surface area contributed by atoms with Gasteiger partial charge in [-0.2, -0.15) is 4.40 Å². The Kier molecular flexibility index (Phi) is 4.09. The van der Waals surface area contributed by atoms with Crippen LogP contribution < -0.4 is 16.8 Å². The van der Waals surface area contributed by atoms with Gasteiger partial charge >= 0.3 is 5.97 Å². The lowest BCUT2D eigenvalue weighted by Crippen LogP contribution is -3.00. The van der Waals surface area contributed by atoms with E-state index in [0.29, 0.717) is 5.69 Å². The highest BCUT2D eigenvalue weighted by Crippen LogP contribution is 2.28. The summed E-state index contributed by atoms with van der Waals surface area (Å²) in [5.41, 5.74) is 4.47. The highest BCUT2D eigenvalue weighted by molar-refractivity contribution is 6.12. The van der Waals surface area contributed by atoms with Crippen molar-refractivity contribution in [2.45, 2.75) is 0 Å². The average Bonchev–Trinajstić information content (AvgIpc) is 3.29. The molecule has 134 valence electrons. The summed E-state index contributed by atoms with van der Waals surface area (Å²) in [6.07, 6.45) is 3.93. The Labute approximate surface area is 161 Å². The smallest absolute Gasteiger partial charge is 0.378 e. The van der Waals surface area contributed by atoms with Gasteiger partial charge in [0.25, 0.3) is 6.33 Å². The van der Waals surface area contributed by atoms with Crippen LogP contribution in [0.15, 0.2) is 73.2 Å². The molecular formula is C21H16ClN3O2. The molecule has 3 heterocycles. The summed E-state index contributed by atoms with van der Waals surface area (Å²) < 4.78 is 8.90. The van der Waals surface area contributed by atoms with Crippen LogP contribution in [0.1, 0.15) is 10.5 Å². The fourth-order valence-electron chi connectivity index (χ4n) is 3.52. The van der Waals surface area contributed by atoms with Crippen molar-refractivity contribution < 1.29 is 26.3 Å². The number of carbonyl (C=O) groups is 1. The molecule has 0 radical (unpaired) electrons. The maximum atomic E-state index is 12.4. The van der Waals surface area contributed by atoms with Gasteiger partial charge in [-0.15, -0.1) is 0 Å². The molecule has 0 unspecified atom stereocenters. The summed E-state index contributed by atoms with van der Waals surface area (Å²) >= 11 is 0. The van der Waals surface area contributed by atoms with Crippen molar-refractivity contribution in [3.63, 3.8) is 0 Å². The van der Waals surface area contributed by atoms with Gasteiger partial charge in [-0.3, -0.25) is 0 Å². The van der Waals surface area contributed by atoms with Crippen LogP contribution in [0.5, 0.6) is 0 Å². The molecule has 0 atom stereocenters. The number of rotatable bonds is 2. The molecule has 1 N–H and O–H groups in total. The molecule has 6 heteroatoms. The zero-order chi connectivity index (χ0) is 17.7. The Morgan fingerprint density at radius 3 is 2.56 bits per heavy atom. The lowest BCUT2D eigenvalue weighted by molar-refractivity contribution is -0.514. The number of aromatic amines is 1. The summed E-state index contributed by atoms with van der Waals surface area (Å²) in [4.78, 5) is 15.9. The van der Waals surface area contributed by atoms with Crippen LogP contribution >= 0.6 is 0 Å². The molecule has 5 rings (SSSR count). The van der Waals surface area contributed by atoms with Crippen LogP contribution in [-0.4, -0.2) is 22.6 Å². The quantitative estimate of drug-likeness (QED) is 0.362. The minimum Gasteiger partial charge on any atom is -1.00 e. The highest BCUT2D eigenvalue weighted by Gasteiger charge is 2.23. The third kappa shape index (κ3) is 2.55. The number of nitrogens with zero attached hydrogens (tertiary/aromatic N) is 2. The van der Waals surface area contributed by atoms with E-state index >= 15 is 0 Å². The first-order valence-electron chi connectivity index (χ1n) is 8.37. The van der Waals surface area contributed by atoms with E-state index in [9.17, 15) is 4.79 Å². The molecule has 0 saturated carbocycles. The first kappa shape index (κ1) is 17.1. The zero-order valence-corrected chi connectivity index (χ0v) is 15.3.